The minimum Gasteiger partial charge on any atom is -0.308 e. The summed E-state index contributed by atoms with van der Waals surface area (Å²) in [5, 5.41) is 24.1. The number of hydrogen-bond acceptors (Lipinski definition) is 6. The fourth-order valence-corrected chi connectivity index (χ4v) is 9.81. The molecule has 6 bridgehead atoms. The molecule has 3 aromatic carbocycles. The van der Waals surface area contributed by atoms with Crippen molar-refractivity contribution < 1.29 is 0 Å². The van der Waals surface area contributed by atoms with Gasteiger partial charge in [0.2, 0.25) is 0 Å². The van der Waals surface area contributed by atoms with Crippen molar-refractivity contribution in [2.45, 2.75) is 173 Å². The molecule has 7 rings (SSSR count). The molecule has 6 atom stereocenters. The molecule has 6 heteroatoms. The second-order valence-corrected chi connectivity index (χ2v) is 16.8. The smallest absolute Gasteiger partial charge is 0.0224 e. The van der Waals surface area contributed by atoms with Gasteiger partial charge in [-0.25, -0.2) is 0 Å². The van der Waals surface area contributed by atoms with Crippen LogP contribution in [0.1, 0.15) is 127 Å². The summed E-state index contributed by atoms with van der Waals surface area (Å²) >= 11 is 0. The molecule has 1 aliphatic heterocycles. The molecule has 3 aromatic rings. The first-order chi connectivity index (χ1) is 24.9. The van der Waals surface area contributed by atoms with E-state index in [9.17, 15) is 0 Å². The monoisotopic (exact) mass is 691 g/mol. The number of nitrogens with one attached hydrogen (secondary N) is 6. The normalized spacial score (nSPS) is 28.8. The van der Waals surface area contributed by atoms with Crippen LogP contribution in [0, 0.1) is 20.8 Å². The standard InChI is InChI=1S/C45H66N6/c1-31-16-34-22-35(17-31)26-47-41-11-5-7-13-43(41)49-28-37-19-33(3)21-39(24-37)30-51-45-15-9-8-14-44(45)50-29-38-20-32(2)18-36(23-38)27-48-42-12-6-4-10-40(42)46-25-34/h16-24,40-51H,4-15,25-30H2,1-3H3/t40-,41-,42-,43-,44-,45-/m1/s1. The highest BCUT2D eigenvalue weighted by molar-refractivity contribution is 5.32. The van der Waals surface area contributed by atoms with Crippen molar-refractivity contribution in [1.29, 1.82) is 0 Å². The van der Waals surface area contributed by atoms with Gasteiger partial charge in [0.15, 0.2) is 0 Å². The molecule has 51 heavy (non-hydrogen) atoms. The van der Waals surface area contributed by atoms with Gasteiger partial charge in [0.1, 0.15) is 0 Å². The van der Waals surface area contributed by atoms with Crippen LogP contribution >= 0.6 is 0 Å². The topological polar surface area (TPSA) is 72.2 Å². The molecule has 3 fully saturated rings. The van der Waals surface area contributed by atoms with E-state index in [-0.39, 0.29) is 0 Å². The van der Waals surface area contributed by atoms with E-state index in [1.807, 2.05) is 0 Å². The number of rotatable bonds is 0. The van der Waals surface area contributed by atoms with E-state index >= 15 is 0 Å². The van der Waals surface area contributed by atoms with Crippen molar-refractivity contribution in [3.8, 4) is 0 Å². The third kappa shape index (κ3) is 10.5. The molecule has 0 amide bonds. The molecule has 3 saturated carbocycles. The van der Waals surface area contributed by atoms with Crippen molar-refractivity contribution in [1.82, 2.24) is 31.9 Å². The Balaban J connectivity index is 1.11. The summed E-state index contributed by atoms with van der Waals surface area (Å²) in [4.78, 5) is 0. The van der Waals surface area contributed by atoms with E-state index in [4.69, 9.17) is 0 Å². The average Bonchev–Trinajstić information content (AvgIpc) is 3.13. The van der Waals surface area contributed by atoms with Crippen LogP contribution in [-0.2, 0) is 39.3 Å². The summed E-state index contributed by atoms with van der Waals surface area (Å²) in [6.45, 7) is 12.4. The highest BCUT2D eigenvalue weighted by Gasteiger charge is 2.27. The fraction of sp³-hybridized carbons (Fsp3) is 0.600. The second kappa shape index (κ2) is 18.0. The molecule has 0 aromatic heterocycles. The first-order valence-electron chi connectivity index (χ1n) is 20.6. The summed E-state index contributed by atoms with van der Waals surface area (Å²) in [5.74, 6) is 0. The van der Waals surface area contributed by atoms with E-state index < -0.39 is 0 Å². The highest BCUT2D eigenvalue weighted by atomic mass is 15.0. The lowest BCUT2D eigenvalue weighted by Crippen LogP contribution is -2.49. The van der Waals surface area contributed by atoms with Gasteiger partial charge in [-0.15, -0.1) is 0 Å². The maximum absolute atomic E-state index is 4.01. The van der Waals surface area contributed by atoms with Crippen LogP contribution in [0.4, 0.5) is 0 Å². The summed E-state index contributed by atoms with van der Waals surface area (Å²) in [5.41, 5.74) is 12.5. The molecule has 0 unspecified atom stereocenters. The van der Waals surface area contributed by atoms with Crippen molar-refractivity contribution in [2.24, 2.45) is 0 Å². The third-order valence-electron chi connectivity index (χ3n) is 12.3. The summed E-state index contributed by atoms with van der Waals surface area (Å²) in [6, 6.07) is 24.6. The molecule has 3 aliphatic carbocycles. The molecule has 276 valence electrons. The van der Waals surface area contributed by atoms with E-state index in [1.165, 1.54) is 127 Å². The molecule has 6 N–H and O–H groups in total. The van der Waals surface area contributed by atoms with Gasteiger partial charge in [0, 0.05) is 75.5 Å². The molecule has 1 heterocycles. The fourth-order valence-electron chi connectivity index (χ4n) is 9.81. The van der Waals surface area contributed by atoms with Gasteiger partial charge in [-0.1, -0.05) is 110 Å². The SMILES string of the molecule is Cc1cc2cc(c1)CN[C@@H]1CCCC[C@H]1NCc1cc(C)cc(c1)CN[C@@H]1CCCC[C@H]1NCc1cc(C)cc(c1)CN[C@@H]1CCCC[C@H]1NC2. The van der Waals surface area contributed by atoms with Crippen molar-refractivity contribution >= 4 is 0 Å². The van der Waals surface area contributed by atoms with Crippen LogP contribution in [0.3, 0.4) is 0 Å². The van der Waals surface area contributed by atoms with Gasteiger partial charge in [0.25, 0.3) is 0 Å². The Kier molecular flexibility index (Phi) is 12.9. The Bertz CT molecular complexity index is 1280. The quantitative estimate of drug-likeness (QED) is 0.147. The molecular weight excluding hydrogens is 625 g/mol. The molecule has 0 radical (unpaired) electrons. The highest BCUT2D eigenvalue weighted by Crippen LogP contribution is 2.24. The van der Waals surface area contributed by atoms with Crippen molar-refractivity contribution in [2.75, 3.05) is 0 Å². The average molecular weight is 691 g/mol. The number of fused-ring (bicyclic) bond motifs is 9. The predicted octanol–water partition coefficient (Wildman–Crippen LogP) is 7.50. The Hall–Kier alpha value is -2.58. The van der Waals surface area contributed by atoms with Gasteiger partial charge >= 0.3 is 0 Å². The predicted molar refractivity (Wildman–Crippen MR) is 213 cm³/mol. The number of aryl methyl sites for hydroxylation is 3. The van der Waals surface area contributed by atoms with E-state index in [1.54, 1.807) is 0 Å². The van der Waals surface area contributed by atoms with E-state index in [2.05, 4.69) is 107 Å². The van der Waals surface area contributed by atoms with Crippen molar-refractivity contribution in [3.05, 3.63) is 105 Å². The van der Waals surface area contributed by atoms with Gasteiger partial charge in [-0.05, 0) is 92.7 Å². The van der Waals surface area contributed by atoms with Crippen LogP contribution in [0.15, 0.2) is 54.6 Å². The summed E-state index contributed by atoms with van der Waals surface area (Å²) in [6.07, 6.45) is 15.4. The van der Waals surface area contributed by atoms with Gasteiger partial charge in [-0.3, -0.25) is 0 Å². The number of hydrogen-bond donors (Lipinski definition) is 6. The van der Waals surface area contributed by atoms with E-state index in [0.29, 0.717) is 36.3 Å². The van der Waals surface area contributed by atoms with Crippen LogP contribution in [0.5, 0.6) is 0 Å². The first-order valence-corrected chi connectivity index (χ1v) is 20.6. The van der Waals surface area contributed by atoms with Crippen molar-refractivity contribution in [3.63, 3.8) is 0 Å². The summed E-state index contributed by atoms with van der Waals surface area (Å²) in [7, 11) is 0. The lowest BCUT2D eigenvalue weighted by atomic mass is 9.89. The Morgan fingerprint density at radius 1 is 0.294 bits per heavy atom. The Morgan fingerprint density at radius 2 is 0.471 bits per heavy atom. The van der Waals surface area contributed by atoms with Gasteiger partial charge < -0.3 is 31.9 Å². The zero-order valence-electron chi connectivity index (χ0n) is 31.9. The van der Waals surface area contributed by atoms with Gasteiger partial charge in [0.05, 0.1) is 0 Å². The lowest BCUT2D eigenvalue weighted by molar-refractivity contribution is 0.280. The lowest BCUT2D eigenvalue weighted by Gasteiger charge is -2.34. The maximum atomic E-state index is 4.01. The zero-order chi connectivity index (χ0) is 35.0. The van der Waals surface area contributed by atoms with Crippen LogP contribution in [0.2, 0.25) is 0 Å². The minimum atomic E-state index is 0.503. The molecular formula is C45H66N6. The van der Waals surface area contributed by atoms with E-state index in [0.717, 1.165) is 39.3 Å². The minimum absolute atomic E-state index is 0.503. The Labute approximate surface area is 309 Å². The Morgan fingerprint density at radius 3 is 0.647 bits per heavy atom. The molecule has 6 nitrogen and oxygen atoms in total. The maximum Gasteiger partial charge on any atom is 0.0224 e. The van der Waals surface area contributed by atoms with Crippen LogP contribution in [0.25, 0.3) is 0 Å². The van der Waals surface area contributed by atoms with Crippen LogP contribution < -0.4 is 31.9 Å². The molecule has 0 spiro atoms. The largest absolute Gasteiger partial charge is 0.308 e. The van der Waals surface area contributed by atoms with Gasteiger partial charge in [-0.2, -0.15) is 0 Å². The van der Waals surface area contributed by atoms with Crippen LogP contribution in [-0.4, -0.2) is 36.3 Å². The number of benzene rings is 3. The zero-order valence-corrected chi connectivity index (χ0v) is 31.9. The third-order valence-corrected chi connectivity index (χ3v) is 12.3. The molecule has 4 aliphatic rings. The molecule has 0 saturated heterocycles. The summed E-state index contributed by atoms with van der Waals surface area (Å²) < 4.78 is 0. The second-order valence-electron chi connectivity index (χ2n) is 16.8. The first kappa shape index (κ1) is 36.8.